The number of halogens is 2. The fourth-order valence-corrected chi connectivity index (χ4v) is 5.51. The minimum Gasteiger partial charge on any atom is -0.457 e. The number of nitrogens with one attached hydrogen (secondary N) is 1. The van der Waals surface area contributed by atoms with Crippen molar-refractivity contribution in [3.8, 4) is 22.8 Å². The first-order valence-corrected chi connectivity index (χ1v) is 14.4. The predicted octanol–water partition coefficient (Wildman–Crippen LogP) is 7.57. The summed E-state index contributed by atoms with van der Waals surface area (Å²) in [4.78, 5) is 19.9. The van der Waals surface area contributed by atoms with Crippen LogP contribution in [0.2, 0.25) is 5.02 Å². The summed E-state index contributed by atoms with van der Waals surface area (Å²) in [5.74, 6) is 2.81. The highest BCUT2D eigenvalue weighted by Crippen LogP contribution is 2.31. The second-order valence-corrected chi connectivity index (χ2v) is 11.1. The van der Waals surface area contributed by atoms with Gasteiger partial charge in [0.15, 0.2) is 5.65 Å². The molecule has 1 aliphatic rings. The van der Waals surface area contributed by atoms with Gasteiger partial charge in [-0.25, -0.2) is 4.98 Å². The largest absolute Gasteiger partial charge is 0.457 e. The van der Waals surface area contributed by atoms with E-state index in [1.807, 2.05) is 89.8 Å². The highest BCUT2D eigenvalue weighted by Gasteiger charge is 2.24. The number of carbonyl (C=O) groups excluding carboxylic acids is 1. The summed E-state index contributed by atoms with van der Waals surface area (Å²) in [5, 5.41) is 8.72. The Labute approximate surface area is 245 Å². The maximum absolute atomic E-state index is 13.1. The van der Waals surface area contributed by atoms with E-state index in [1.54, 1.807) is 10.7 Å². The van der Waals surface area contributed by atoms with Crippen molar-refractivity contribution in [3.63, 3.8) is 0 Å². The van der Waals surface area contributed by atoms with Crippen LogP contribution in [0.4, 0.5) is 5.82 Å². The Hall–Kier alpha value is -3.88. The van der Waals surface area contributed by atoms with E-state index in [1.165, 1.54) is 0 Å². The molecule has 3 heterocycles. The molecule has 0 unspecified atom stereocenters. The number of fused-ring (bicyclic) bond motifs is 1. The quantitative estimate of drug-likeness (QED) is 0.204. The van der Waals surface area contributed by atoms with Gasteiger partial charge in [0.25, 0.3) is 5.91 Å². The molecule has 1 saturated heterocycles. The van der Waals surface area contributed by atoms with Crippen LogP contribution >= 0.6 is 27.5 Å². The molecule has 0 saturated carbocycles. The van der Waals surface area contributed by atoms with Crippen LogP contribution in [0.15, 0.2) is 95.6 Å². The van der Waals surface area contributed by atoms with Gasteiger partial charge in [0, 0.05) is 41.9 Å². The summed E-state index contributed by atoms with van der Waals surface area (Å²) in [6.45, 7) is 2.21. The molecule has 1 N–H and O–H groups in total. The average molecular weight is 617 g/mol. The normalized spacial score (nSPS) is 13.9. The van der Waals surface area contributed by atoms with Crippen LogP contribution in [0.3, 0.4) is 0 Å². The van der Waals surface area contributed by atoms with Gasteiger partial charge in [-0.2, -0.15) is 9.61 Å². The molecule has 2 aromatic heterocycles. The van der Waals surface area contributed by atoms with E-state index in [0.717, 1.165) is 65.4 Å². The van der Waals surface area contributed by atoms with E-state index in [4.69, 9.17) is 21.3 Å². The zero-order chi connectivity index (χ0) is 27.5. The van der Waals surface area contributed by atoms with Crippen LogP contribution < -0.4 is 10.1 Å². The van der Waals surface area contributed by atoms with E-state index in [2.05, 4.69) is 26.3 Å². The van der Waals surface area contributed by atoms with Crippen molar-refractivity contribution in [2.75, 3.05) is 25.0 Å². The SMILES string of the molecule is O=C(c1ccc(Oc2ccccc2)cc1)N1CCC(CNc2cc(-c3ccccc3Cl)nc3c(Br)cnn23)CC1. The van der Waals surface area contributed by atoms with Gasteiger partial charge in [0.1, 0.15) is 17.3 Å². The fraction of sp³-hybridized carbons (Fsp3) is 0.194. The molecular weight excluding hydrogens is 590 g/mol. The van der Waals surface area contributed by atoms with Gasteiger partial charge >= 0.3 is 0 Å². The molecule has 202 valence electrons. The van der Waals surface area contributed by atoms with E-state index in [0.29, 0.717) is 22.3 Å². The lowest BCUT2D eigenvalue weighted by atomic mass is 9.96. The highest BCUT2D eigenvalue weighted by molar-refractivity contribution is 9.10. The number of rotatable bonds is 7. The molecule has 0 bridgehead atoms. The van der Waals surface area contributed by atoms with E-state index < -0.39 is 0 Å². The number of anilines is 1. The smallest absolute Gasteiger partial charge is 0.253 e. The molecule has 1 aliphatic heterocycles. The number of nitrogens with zero attached hydrogens (tertiary/aromatic N) is 4. The zero-order valence-electron chi connectivity index (χ0n) is 21.6. The van der Waals surface area contributed by atoms with Gasteiger partial charge in [-0.15, -0.1) is 0 Å². The van der Waals surface area contributed by atoms with Gasteiger partial charge in [-0.3, -0.25) is 4.79 Å². The molecule has 0 atom stereocenters. The summed E-state index contributed by atoms with van der Waals surface area (Å²) < 4.78 is 8.47. The van der Waals surface area contributed by atoms with Gasteiger partial charge < -0.3 is 15.0 Å². The summed E-state index contributed by atoms with van der Waals surface area (Å²) in [5.41, 5.74) is 3.05. The molecule has 9 heteroatoms. The Balaban J connectivity index is 1.08. The third-order valence-corrected chi connectivity index (χ3v) is 8.02. The van der Waals surface area contributed by atoms with Crippen LogP contribution in [0.1, 0.15) is 23.2 Å². The molecule has 0 radical (unpaired) electrons. The van der Waals surface area contributed by atoms with E-state index in [9.17, 15) is 4.79 Å². The molecule has 0 aliphatic carbocycles. The van der Waals surface area contributed by atoms with Crippen LogP contribution in [0.25, 0.3) is 16.9 Å². The molecule has 3 aromatic carbocycles. The number of carbonyl (C=O) groups is 1. The minimum atomic E-state index is 0.0549. The number of benzene rings is 3. The number of likely N-dealkylation sites (tertiary alicyclic amines) is 1. The summed E-state index contributed by atoms with van der Waals surface area (Å²) in [7, 11) is 0. The Morgan fingerprint density at radius 1 is 0.975 bits per heavy atom. The van der Waals surface area contributed by atoms with Crippen LogP contribution in [0.5, 0.6) is 11.5 Å². The van der Waals surface area contributed by atoms with Gasteiger partial charge in [-0.05, 0) is 77.2 Å². The van der Waals surface area contributed by atoms with Crippen molar-refractivity contribution in [3.05, 3.63) is 106 Å². The number of hydrogen-bond donors (Lipinski definition) is 1. The van der Waals surface area contributed by atoms with Crippen molar-refractivity contribution >= 4 is 44.9 Å². The molecule has 1 amide bonds. The van der Waals surface area contributed by atoms with Crippen LogP contribution in [0, 0.1) is 5.92 Å². The highest BCUT2D eigenvalue weighted by atomic mass is 79.9. The number of para-hydroxylation sites is 1. The van der Waals surface area contributed by atoms with Crippen LogP contribution in [-0.4, -0.2) is 45.0 Å². The maximum Gasteiger partial charge on any atom is 0.253 e. The lowest BCUT2D eigenvalue weighted by molar-refractivity contribution is 0.0695. The van der Waals surface area contributed by atoms with Gasteiger partial charge in [-0.1, -0.05) is 48.0 Å². The monoisotopic (exact) mass is 615 g/mol. The van der Waals surface area contributed by atoms with Crippen molar-refractivity contribution in [2.45, 2.75) is 12.8 Å². The van der Waals surface area contributed by atoms with E-state index >= 15 is 0 Å². The Morgan fingerprint density at radius 2 is 1.68 bits per heavy atom. The minimum absolute atomic E-state index is 0.0549. The summed E-state index contributed by atoms with van der Waals surface area (Å²) in [6, 6.07) is 26.6. The maximum atomic E-state index is 13.1. The number of amides is 1. The first kappa shape index (κ1) is 26.3. The number of hydrogen-bond acceptors (Lipinski definition) is 5. The van der Waals surface area contributed by atoms with Crippen molar-refractivity contribution < 1.29 is 9.53 Å². The first-order chi connectivity index (χ1) is 19.5. The zero-order valence-corrected chi connectivity index (χ0v) is 24.0. The standard InChI is InChI=1S/C31H27BrClN5O2/c32-26-20-35-38-29(18-28(36-30(26)38)25-8-4-5-9-27(25)33)34-19-21-14-16-37(17-15-21)31(39)22-10-12-24(13-11-22)40-23-6-2-1-3-7-23/h1-13,18,20-21,34H,14-17,19H2. The average Bonchev–Trinajstić information content (AvgIpc) is 3.37. The third kappa shape index (κ3) is 5.69. The summed E-state index contributed by atoms with van der Waals surface area (Å²) >= 11 is 10.0. The summed E-state index contributed by atoms with van der Waals surface area (Å²) in [6.07, 6.45) is 3.58. The molecule has 6 rings (SSSR count). The lowest BCUT2D eigenvalue weighted by Crippen LogP contribution is -2.40. The molecule has 0 spiro atoms. The lowest BCUT2D eigenvalue weighted by Gasteiger charge is -2.32. The molecule has 7 nitrogen and oxygen atoms in total. The number of aromatic nitrogens is 3. The number of ether oxygens (including phenoxy) is 1. The Kier molecular flexibility index (Phi) is 7.71. The fourth-order valence-electron chi connectivity index (χ4n) is 4.93. The molecule has 1 fully saturated rings. The second kappa shape index (κ2) is 11.7. The Bertz CT molecular complexity index is 1630. The van der Waals surface area contributed by atoms with Crippen molar-refractivity contribution in [1.82, 2.24) is 19.5 Å². The molecular formula is C31H27BrClN5O2. The van der Waals surface area contributed by atoms with Gasteiger partial charge in [0.2, 0.25) is 0 Å². The third-order valence-electron chi connectivity index (χ3n) is 7.13. The number of piperidine rings is 1. The van der Waals surface area contributed by atoms with Crippen LogP contribution in [-0.2, 0) is 0 Å². The molecule has 5 aromatic rings. The Morgan fingerprint density at radius 3 is 2.42 bits per heavy atom. The molecule has 40 heavy (non-hydrogen) atoms. The van der Waals surface area contributed by atoms with Crippen molar-refractivity contribution in [2.24, 2.45) is 5.92 Å². The first-order valence-electron chi connectivity index (χ1n) is 13.2. The predicted molar refractivity (Wildman–Crippen MR) is 161 cm³/mol. The van der Waals surface area contributed by atoms with Gasteiger partial charge in [0.05, 0.1) is 16.4 Å². The van der Waals surface area contributed by atoms with Crippen molar-refractivity contribution in [1.29, 1.82) is 0 Å². The second-order valence-electron chi connectivity index (χ2n) is 9.79. The topological polar surface area (TPSA) is 71.8 Å². The van der Waals surface area contributed by atoms with E-state index in [-0.39, 0.29) is 5.91 Å².